The molecular formula is C16H16N2O4S. The molecule has 120 valence electrons. The van der Waals surface area contributed by atoms with E-state index in [1.807, 2.05) is 0 Å². The molecule has 1 saturated heterocycles. The van der Waals surface area contributed by atoms with Crippen LogP contribution in [0.15, 0.2) is 41.6 Å². The molecular weight excluding hydrogens is 316 g/mol. The van der Waals surface area contributed by atoms with Crippen LogP contribution >= 0.6 is 11.8 Å². The maximum atomic E-state index is 12.3. The number of rotatable bonds is 4. The molecule has 0 saturated carbocycles. The van der Waals surface area contributed by atoms with Crippen LogP contribution in [-0.2, 0) is 14.3 Å². The zero-order chi connectivity index (χ0) is 16.6. The molecule has 2 heterocycles. The summed E-state index contributed by atoms with van der Waals surface area (Å²) < 4.78 is 5.11. The normalized spacial score (nSPS) is 23.2. The molecule has 0 radical (unpaired) electrons. The van der Waals surface area contributed by atoms with Gasteiger partial charge in [-0.05, 0) is 12.5 Å². The van der Waals surface area contributed by atoms with Crippen LogP contribution in [0.4, 0.5) is 0 Å². The quantitative estimate of drug-likeness (QED) is 0.501. The van der Waals surface area contributed by atoms with Crippen molar-refractivity contribution in [2.45, 2.75) is 18.3 Å². The van der Waals surface area contributed by atoms with Crippen molar-refractivity contribution in [1.82, 2.24) is 4.90 Å². The van der Waals surface area contributed by atoms with Crippen molar-refractivity contribution in [2.75, 3.05) is 12.4 Å². The van der Waals surface area contributed by atoms with Crippen molar-refractivity contribution < 1.29 is 19.1 Å². The molecule has 6 nitrogen and oxygen atoms in total. The van der Waals surface area contributed by atoms with Gasteiger partial charge in [0.2, 0.25) is 5.91 Å². The van der Waals surface area contributed by atoms with Gasteiger partial charge in [-0.3, -0.25) is 14.5 Å². The first-order valence-corrected chi connectivity index (χ1v) is 8.21. The van der Waals surface area contributed by atoms with Gasteiger partial charge >= 0.3 is 5.97 Å². The topological polar surface area (TPSA) is 89.7 Å². The maximum Gasteiger partial charge on any atom is 0.355 e. The minimum Gasteiger partial charge on any atom is -0.453 e. The minimum absolute atomic E-state index is 0.223. The van der Waals surface area contributed by atoms with E-state index in [0.29, 0.717) is 11.3 Å². The Labute approximate surface area is 137 Å². The average Bonchev–Trinajstić information content (AvgIpc) is 2.59. The lowest BCUT2D eigenvalue weighted by Gasteiger charge is -2.48. The fourth-order valence-corrected chi connectivity index (χ4v) is 3.81. The van der Waals surface area contributed by atoms with E-state index in [-0.39, 0.29) is 29.4 Å². The molecule has 3 rings (SSSR count). The highest BCUT2D eigenvalue weighted by molar-refractivity contribution is 8.00. The second-order valence-corrected chi connectivity index (χ2v) is 6.53. The number of ketones is 1. The zero-order valence-corrected chi connectivity index (χ0v) is 13.3. The number of esters is 1. The SMILES string of the molecule is CC1=C(C(=O)OCC(=O)c2ccccc2)N2C(=O)C(N)[C@@H]2SC1. The summed E-state index contributed by atoms with van der Waals surface area (Å²) in [6.45, 7) is 1.42. The van der Waals surface area contributed by atoms with Gasteiger partial charge in [-0.15, -0.1) is 11.8 Å². The van der Waals surface area contributed by atoms with Crippen LogP contribution in [-0.4, -0.2) is 46.3 Å². The third-order valence-electron chi connectivity index (χ3n) is 3.82. The Morgan fingerprint density at radius 3 is 2.74 bits per heavy atom. The fourth-order valence-electron chi connectivity index (χ4n) is 2.57. The van der Waals surface area contributed by atoms with Gasteiger partial charge in [0, 0.05) is 11.3 Å². The van der Waals surface area contributed by atoms with Crippen LogP contribution in [0.25, 0.3) is 0 Å². The molecule has 2 N–H and O–H groups in total. The first-order valence-electron chi connectivity index (χ1n) is 7.16. The molecule has 0 spiro atoms. The molecule has 2 aliphatic heterocycles. The van der Waals surface area contributed by atoms with Gasteiger partial charge in [0.25, 0.3) is 0 Å². The molecule has 1 aromatic carbocycles. The van der Waals surface area contributed by atoms with Crippen LogP contribution in [0.3, 0.4) is 0 Å². The van der Waals surface area contributed by atoms with Crippen LogP contribution in [0.2, 0.25) is 0 Å². The molecule has 0 aliphatic carbocycles. The maximum absolute atomic E-state index is 12.3. The number of amides is 1. The summed E-state index contributed by atoms with van der Waals surface area (Å²) in [7, 11) is 0. The third-order valence-corrected chi connectivity index (χ3v) is 5.27. The first kappa shape index (κ1) is 15.8. The summed E-state index contributed by atoms with van der Waals surface area (Å²) in [5.41, 5.74) is 7.20. The highest BCUT2D eigenvalue weighted by Crippen LogP contribution is 2.39. The number of ether oxygens (including phenoxy) is 1. The molecule has 1 amide bonds. The number of β-lactam (4-membered cyclic amide) rings is 1. The Kier molecular flexibility index (Phi) is 4.23. The van der Waals surface area contributed by atoms with E-state index >= 15 is 0 Å². The summed E-state index contributed by atoms with van der Waals surface area (Å²) >= 11 is 1.52. The number of nitrogens with zero attached hydrogens (tertiary/aromatic N) is 1. The lowest BCUT2D eigenvalue weighted by Crippen LogP contribution is -2.68. The number of fused-ring (bicyclic) bond motifs is 1. The van der Waals surface area contributed by atoms with Crippen molar-refractivity contribution in [2.24, 2.45) is 5.73 Å². The van der Waals surface area contributed by atoms with Crippen LogP contribution in [0.5, 0.6) is 0 Å². The molecule has 0 bridgehead atoms. The number of thioether (sulfide) groups is 1. The van der Waals surface area contributed by atoms with Crippen molar-refractivity contribution >= 4 is 29.4 Å². The number of Topliss-reactive ketones (excluding diaryl/α,β-unsaturated/α-hetero) is 1. The first-order chi connectivity index (χ1) is 11.0. The zero-order valence-electron chi connectivity index (χ0n) is 12.5. The summed E-state index contributed by atoms with van der Waals surface area (Å²) in [5.74, 6) is -0.620. The third kappa shape index (κ3) is 2.77. The van der Waals surface area contributed by atoms with Gasteiger partial charge in [-0.2, -0.15) is 0 Å². The van der Waals surface area contributed by atoms with Crippen LogP contribution in [0, 0.1) is 0 Å². The second kappa shape index (κ2) is 6.17. The molecule has 2 aliphatic rings. The van der Waals surface area contributed by atoms with E-state index < -0.39 is 12.0 Å². The molecule has 7 heteroatoms. The van der Waals surface area contributed by atoms with Crippen molar-refractivity contribution in [3.05, 3.63) is 47.2 Å². The van der Waals surface area contributed by atoms with Gasteiger partial charge < -0.3 is 10.5 Å². The van der Waals surface area contributed by atoms with Gasteiger partial charge in [0.15, 0.2) is 12.4 Å². The number of nitrogens with two attached hydrogens (primary N) is 1. The lowest BCUT2D eigenvalue weighted by molar-refractivity contribution is -0.150. The van der Waals surface area contributed by atoms with Gasteiger partial charge in [0.05, 0.1) is 0 Å². The average molecular weight is 332 g/mol. The van der Waals surface area contributed by atoms with E-state index in [0.717, 1.165) is 5.57 Å². The van der Waals surface area contributed by atoms with Crippen LogP contribution in [0.1, 0.15) is 17.3 Å². The van der Waals surface area contributed by atoms with Crippen molar-refractivity contribution in [3.63, 3.8) is 0 Å². The van der Waals surface area contributed by atoms with E-state index in [4.69, 9.17) is 10.5 Å². The second-order valence-electron chi connectivity index (χ2n) is 5.43. The van der Waals surface area contributed by atoms with Gasteiger partial charge in [-0.1, -0.05) is 30.3 Å². The fraction of sp³-hybridized carbons (Fsp3) is 0.312. The summed E-state index contributed by atoms with van der Waals surface area (Å²) in [6.07, 6.45) is 0. The number of hydrogen-bond donors (Lipinski definition) is 1. The molecule has 1 unspecified atom stereocenters. The van der Waals surface area contributed by atoms with E-state index in [2.05, 4.69) is 0 Å². The smallest absolute Gasteiger partial charge is 0.355 e. The summed E-state index contributed by atoms with van der Waals surface area (Å²) in [4.78, 5) is 37.6. The van der Waals surface area contributed by atoms with Crippen LogP contribution < -0.4 is 5.73 Å². The van der Waals surface area contributed by atoms with E-state index in [1.54, 1.807) is 37.3 Å². The Bertz CT molecular complexity index is 701. The minimum atomic E-state index is -0.655. The predicted octanol–water partition coefficient (Wildman–Crippen LogP) is 0.929. The highest BCUT2D eigenvalue weighted by atomic mass is 32.2. The predicted molar refractivity (Wildman–Crippen MR) is 85.5 cm³/mol. The van der Waals surface area contributed by atoms with Gasteiger partial charge in [-0.25, -0.2) is 4.79 Å². The Morgan fingerprint density at radius 2 is 2.04 bits per heavy atom. The molecule has 1 fully saturated rings. The molecule has 2 atom stereocenters. The van der Waals surface area contributed by atoms with E-state index in [9.17, 15) is 14.4 Å². The standard InChI is InChI=1S/C16H16N2O4S/c1-9-8-23-15-12(17)14(20)18(15)13(9)16(21)22-7-11(19)10-5-3-2-4-6-10/h2-6,12,15H,7-8,17H2,1H3/t12?,15-/m0/s1. The summed E-state index contributed by atoms with van der Waals surface area (Å²) in [6, 6.07) is 8.02. The Morgan fingerprint density at radius 1 is 1.35 bits per heavy atom. The Hall–Kier alpha value is -2.12. The largest absolute Gasteiger partial charge is 0.453 e. The van der Waals surface area contributed by atoms with Crippen molar-refractivity contribution in [1.29, 1.82) is 0 Å². The van der Waals surface area contributed by atoms with E-state index in [1.165, 1.54) is 16.7 Å². The highest BCUT2D eigenvalue weighted by Gasteiger charge is 2.51. The Balaban J connectivity index is 1.68. The number of carbonyl (C=O) groups is 3. The monoisotopic (exact) mass is 332 g/mol. The molecule has 1 aromatic rings. The summed E-state index contributed by atoms with van der Waals surface area (Å²) in [5, 5.41) is -0.224. The number of benzene rings is 1. The molecule has 0 aromatic heterocycles. The lowest BCUT2D eigenvalue weighted by atomic mass is 10.0. The molecule has 23 heavy (non-hydrogen) atoms. The number of hydrogen-bond acceptors (Lipinski definition) is 6. The number of carbonyl (C=O) groups excluding carboxylic acids is 3. The van der Waals surface area contributed by atoms with Crippen molar-refractivity contribution in [3.8, 4) is 0 Å². The van der Waals surface area contributed by atoms with Gasteiger partial charge in [0.1, 0.15) is 17.1 Å².